The van der Waals surface area contributed by atoms with Crippen LogP contribution >= 0.6 is 0 Å². The Kier molecular flexibility index (Phi) is 3.21. The molecule has 0 unspecified atom stereocenters. The lowest BCUT2D eigenvalue weighted by Gasteiger charge is -2.13. The van der Waals surface area contributed by atoms with Gasteiger partial charge in [-0.15, -0.1) is 0 Å². The van der Waals surface area contributed by atoms with E-state index in [4.69, 9.17) is 4.74 Å². The van der Waals surface area contributed by atoms with Crippen molar-refractivity contribution in [2.75, 3.05) is 11.9 Å². The van der Waals surface area contributed by atoms with Gasteiger partial charge < -0.3 is 10.1 Å². The molecule has 0 aliphatic heterocycles. The van der Waals surface area contributed by atoms with Crippen LogP contribution in [0.15, 0.2) is 24.3 Å². The third-order valence-corrected chi connectivity index (χ3v) is 3.75. The van der Waals surface area contributed by atoms with E-state index in [1.165, 1.54) is 44.2 Å². The van der Waals surface area contributed by atoms with Gasteiger partial charge in [-0.3, -0.25) is 0 Å². The van der Waals surface area contributed by atoms with Crippen LogP contribution in [-0.4, -0.2) is 12.6 Å². The molecular formula is C15H21NO. The molecule has 2 aliphatic rings. The first kappa shape index (κ1) is 10.9. The van der Waals surface area contributed by atoms with E-state index in [9.17, 15) is 0 Å². The fraction of sp³-hybridized carbons (Fsp3) is 0.600. The maximum absolute atomic E-state index is 5.94. The second-order valence-electron chi connectivity index (χ2n) is 5.37. The normalized spacial score (nSPS) is 20.5. The van der Waals surface area contributed by atoms with Crippen molar-refractivity contribution in [3.05, 3.63) is 24.3 Å². The van der Waals surface area contributed by atoms with Crippen LogP contribution in [0, 0.1) is 5.92 Å². The molecule has 3 rings (SSSR count). The minimum Gasteiger partial charge on any atom is -0.490 e. The topological polar surface area (TPSA) is 21.3 Å². The van der Waals surface area contributed by atoms with E-state index in [1.54, 1.807) is 0 Å². The van der Waals surface area contributed by atoms with Gasteiger partial charge in [0.15, 0.2) is 0 Å². The molecular weight excluding hydrogens is 210 g/mol. The molecule has 1 N–H and O–H groups in total. The van der Waals surface area contributed by atoms with Crippen molar-refractivity contribution in [1.82, 2.24) is 0 Å². The second-order valence-corrected chi connectivity index (χ2v) is 5.37. The van der Waals surface area contributed by atoms with Crippen LogP contribution in [0.2, 0.25) is 0 Å². The van der Waals surface area contributed by atoms with Gasteiger partial charge in [-0.05, 0) is 68.7 Å². The van der Waals surface area contributed by atoms with Gasteiger partial charge in [-0.25, -0.2) is 0 Å². The van der Waals surface area contributed by atoms with Crippen LogP contribution < -0.4 is 10.1 Å². The third kappa shape index (κ3) is 3.15. The Morgan fingerprint density at radius 3 is 2.35 bits per heavy atom. The maximum atomic E-state index is 5.94. The molecule has 0 aromatic heterocycles. The van der Waals surface area contributed by atoms with E-state index in [2.05, 4.69) is 29.6 Å². The van der Waals surface area contributed by atoms with Crippen LogP contribution in [0.25, 0.3) is 0 Å². The van der Waals surface area contributed by atoms with E-state index >= 15 is 0 Å². The van der Waals surface area contributed by atoms with Gasteiger partial charge in [-0.1, -0.05) is 0 Å². The van der Waals surface area contributed by atoms with Crippen molar-refractivity contribution in [3.8, 4) is 5.75 Å². The smallest absolute Gasteiger partial charge is 0.119 e. The summed E-state index contributed by atoms with van der Waals surface area (Å²) in [7, 11) is 0. The number of hydrogen-bond donors (Lipinski definition) is 1. The van der Waals surface area contributed by atoms with Gasteiger partial charge >= 0.3 is 0 Å². The highest BCUT2D eigenvalue weighted by Gasteiger charge is 2.20. The Balaban J connectivity index is 1.51. The zero-order valence-corrected chi connectivity index (χ0v) is 10.3. The van der Waals surface area contributed by atoms with Crippen molar-refractivity contribution in [3.63, 3.8) is 0 Å². The molecule has 92 valence electrons. The highest BCUT2D eigenvalue weighted by molar-refractivity contribution is 5.46. The molecule has 17 heavy (non-hydrogen) atoms. The molecule has 2 nitrogen and oxygen atoms in total. The molecule has 2 aliphatic carbocycles. The van der Waals surface area contributed by atoms with Crippen LogP contribution in [0.3, 0.4) is 0 Å². The molecule has 0 heterocycles. The summed E-state index contributed by atoms with van der Waals surface area (Å²) in [5.41, 5.74) is 1.22. The first-order valence-corrected chi connectivity index (χ1v) is 6.91. The molecule has 1 aromatic carbocycles. The van der Waals surface area contributed by atoms with Crippen molar-refractivity contribution < 1.29 is 4.74 Å². The van der Waals surface area contributed by atoms with E-state index < -0.39 is 0 Å². The molecule has 0 saturated heterocycles. The van der Waals surface area contributed by atoms with Crippen LogP contribution in [0.5, 0.6) is 5.75 Å². The highest BCUT2D eigenvalue weighted by atomic mass is 16.5. The third-order valence-electron chi connectivity index (χ3n) is 3.75. The van der Waals surface area contributed by atoms with E-state index in [0.717, 1.165) is 18.2 Å². The second kappa shape index (κ2) is 4.99. The Labute approximate surface area is 103 Å². The number of nitrogens with one attached hydrogen (secondary N) is 1. The summed E-state index contributed by atoms with van der Waals surface area (Å²) in [4.78, 5) is 0. The summed E-state index contributed by atoms with van der Waals surface area (Å²) < 4.78 is 5.94. The molecule has 2 fully saturated rings. The monoisotopic (exact) mass is 231 g/mol. The van der Waals surface area contributed by atoms with Crippen LogP contribution in [-0.2, 0) is 0 Å². The van der Waals surface area contributed by atoms with Crippen molar-refractivity contribution in [1.29, 1.82) is 0 Å². The van der Waals surface area contributed by atoms with E-state index in [1.807, 2.05) is 0 Å². The summed E-state index contributed by atoms with van der Waals surface area (Å²) in [6.07, 6.45) is 8.35. The van der Waals surface area contributed by atoms with Gasteiger partial charge in [-0.2, -0.15) is 0 Å². The quantitative estimate of drug-likeness (QED) is 0.831. The summed E-state index contributed by atoms with van der Waals surface area (Å²) in [6, 6.07) is 8.44. The predicted octanol–water partition coefficient (Wildman–Crippen LogP) is 3.83. The number of ether oxygens (including phenoxy) is 1. The minimum absolute atomic E-state index is 0.459. The zero-order chi connectivity index (χ0) is 11.5. The SMILES string of the molecule is c1cc(OC2CCCC2)ccc1NCC1CC1. The Bertz CT molecular complexity index is 350. The average molecular weight is 231 g/mol. The van der Waals surface area contributed by atoms with Gasteiger partial charge in [0.05, 0.1) is 6.10 Å². The van der Waals surface area contributed by atoms with E-state index in [0.29, 0.717) is 6.10 Å². The maximum Gasteiger partial charge on any atom is 0.119 e. The van der Waals surface area contributed by atoms with Crippen LogP contribution in [0.1, 0.15) is 38.5 Å². The van der Waals surface area contributed by atoms with Gasteiger partial charge in [0.25, 0.3) is 0 Å². The lowest BCUT2D eigenvalue weighted by molar-refractivity contribution is 0.210. The van der Waals surface area contributed by atoms with Gasteiger partial charge in [0, 0.05) is 12.2 Å². The van der Waals surface area contributed by atoms with Crippen LogP contribution in [0.4, 0.5) is 5.69 Å². The molecule has 2 saturated carbocycles. The fourth-order valence-corrected chi connectivity index (χ4v) is 2.43. The lowest BCUT2D eigenvalue weighted by atomic mass is 10.2. The molecule has 0 spiro atoms. The summed E-state index contributed by atoms with van der Waals surface area (Å²) in [5.74, 6) is 1.94. The molecule has 0 atom stereocenters. The molecule has 1 aromatic rings. The average Bonchev–Trinajstić information content (AvgIpc) is 3.05. The number of hydrogen-bond acceptors (Lipinski definition) is 2. The first-order chi connectivity index (χ1) is 8.40. The number of benzene rings is 1. The minimum atomic E-state index is 0.459. The summed E-state index contributed by atoms with van der Waals surface area (Å²) >= 11 is 0. The lowest BCUT2D eigenvalue weighted by Crippen LogP contribution is -2.10. The Hall–Kier alpha value is -1.18. The molecule has 0 bridgehead atoms. The van der Waals surface area contributed by atoms with Crippen molar-refractivity contribution in [2.24, 2.45) is 5.92 Å². The molecule has 2 heteroatoms. The number of rotatable bonds is 5. The fourth-order valence-electron chi connectivity index (χ4n) is 2.43. The van der Waals surface area contributed by atoms with Gasteiger partial charge in [0.1, 0.15) is 5.75 Å². The Morgan fingerprint density at radius 2 is 1.71 bits per heavy atom. The predicted molar refractivity (Wildman–Crippen MR) is 70.5 cm³/mol. The number of anilines is 1. The summed E-state index contributed by atoms with van der Waals surface area (Å²) in [6.45, 7) is 1.13. The van der Waals surface area contributed by atoms with Gasteiger partial charge in [0.2, 0.25) is 0 Å². The standard InChI is InChI=1S/C15H21NO/c1-2-4-14(3-1)17-15-9-7-13(8-10-15)16-11-12-5-6-12/h7-10,12,14,16H,1-6,11H2. The first-order valence-electron chi connectivity index (χ1n) is 6.91. The molecule has 0 radical (unpaired) electrons. The highest BCUT2D eigenvalue weighted by Crippen LogP contribution is 2.29. The largest absolute Gasteiger partial charge is 0.490 e. The Morgan fingerprint density at radius 1 is 1.00 bits per heavy atom. The summed E-state index contributed by atoms with van der Waals surface area (Å²) in [5, 5.41) is 3.47. The zero-order valence-electron chi connectivity index (χ0n) is 10.3. The van der Waals surface area contributed by atoms with Crippen molar-refractivity contribution in [2.45, 2.75) is 44.6 Å². The molecule has 0 amide bonds. The van der Waals surface area contributed by atoms with E-state index in [-0.39, 0.29) is 0 Å². The van der Waals surface area contributed by atoms with Crippen molar-refractivity contribution >= 4 is 5.69 Å².